The molecule has 0 aliphatic heterocycles. The van der Waals surface area contributed by atoms with E-state index in [1.807, 2.05) is 0 Å². The molecule has 0 fully saturated rings. The van der Waals surface area contributed by atoms with Gasteiger partial charge in [-0.15, -0.1) is 0 Å². The number of rotatable bonds is 9. The van der Waals surface area contributed by atoms with E-state index in [0.717, 1.165) is 89.2 Å². The predicted octanol–water partition coefficient (Wildman–Crippen LogP) is 18.5. The standard InChI is InChI=1S/C66H44N2O/c1-4-17-45(18-5-1)51-37-42-64(61(44-51)48-21-8-3-9-22-48)67(52-38-33-46(34-39-52)50-23-14-24-54(43-50)68-62-31-12-10-25-57(62)58-26-11-13-32-63(58)68)53-40-35-49(36-41-53)56-28-16-30-60-59-29-15-27-55(65(59)69-66(56)60)47-19-6-2-7-20-47/h1-44H. The van der Waals surface area contributed by atoms with Crippen LogP contribution in [0.3, 0.4) is 0 Å². The van der Waals surface area contributed by atoms with Crippen LogP contribution < -0.4 is 4.90 Å². The highest BCUT2D eigenvalue weighted by atomic mass is 16.3. The van der Waals surface area contributed by atoms with Crippen molar-refractivity contribution in [1.82, 2.24) is 4.57 Å². The van der Waals surface area contributed by atoms with Crippen molar-refractivity contribution in [2.45, 2.75) is 0 Å². The topological polar surface area (TPSA) is 21.3 Å². The Balaban J connectivity index is 0.931. The van der Waals surface area contributed by atoms with Crippen LogP contribution >= 0.6 is 0 Å². The van der Waals surface area contributed by atoms with Crippen molar-refractivity contribution in [3.05, 3.63) is 267 Å². The molecular formula is C66H44N2O. The van der Waals surface area contributed by atoms with Crippen molar-refractivity contribution in [3.63, 3.8) is 0 Å². The first kappa shape index (κ1) is 40.1. The van der Waals surface area contributed by atoms with Crippen LogP contribution in [-0.4, -0.2) is 4.57 Å². The number of hydrogen-bond acceptors (Lipinski definition) is 2. The number of benzene rings is 11. The minimum Gasteiger partial charge on any atom is -0.455 e. The molecule has 0 amide bonds. The predicted molar refractivity (Wildman–Crippen MR) is 290 cm³/mol. The number of nitrogens with zero attached hydrogens (tertiary/aromatic N) is 2. The molecule has 0 unspecified atom stereocenters. The van der Waals surface area contributed by atoms with E-state index >= 15 is 0 Å². The molecule has 0 bridgehead atoms. The summed E-state index contributed by atoms with van der Waals surface area (Å²) in [6.07, 6.45) is 0. The summed E-state index contributed by atoms with van der Waals surface area (Å²) in [6, 6.07) is 95.9. The van der Waals surface area contributed by atoms with E-state index in [1.165, 1.54) is 32.9 Å². The number of aromatic nitrogens is 1. The van der Waals surface area contributed by atoms with Gasteiger partial charge in [-0.2, -0.15) is 0 Å². The summed E-state index contributed by atoms with van der Waals surface area (Å²) in [5.41, 5.74) is 19.9. The summed E-state index contributed by atoms with van der Waals surface area (Å²) in [6.45, 7) is 0. The molecule has 324 valence electrons. The van der Waals surface area contributed by atoms with E-state index < -0.39 is 0 Å². The highest BCUT2D eigenvalue weighted by molar-refractivity contribution is 6.13. The molecule has 0 spiro atoms. The summed E-state index contributed by atoms with van der Waals surface area (Å²) in [4.78, 5) is 2.40. The second kappa shape index (κ2) is 16.9. The third-order valence-corrected chi connectivity index (χ3v) is 13.6. The Labute approximate surface area is 401 Å². The van der Waals surface area contributed by atoms with Gasteiger partial charge in [0.1, 0.15) is 11.2 Å². The highest BCUT2D eigenvalue weighted by Crippen LogP contribution is 2.45. The van der Waals surface area contributed by atoms with Crippen LogP contribution in [0.25, 0.3) is 105 Å². The van der Waals surface area contributed by atoms with Crippen LogP contribution in [0.4, 0.5) is 17.1 Å². The lowest BCUT2D eigenvalue weighted by molar-refractivity contribution is 0.671. The lowest BCUT2D eigenvalue weighted by Gasteiger charge is -2.29. The third kappa shape index (κ3) is 7.08. The molecule has 0 N–H and O–H groups in total. The lowest BCUT2D eigenvalue weighted by atomic mass is 9.96. The van der Waals surface area contributed by atoms with Crippen molar-refractivity contribution < 1.29 is 4.42 Å². The highest BCUT2D eigenvalue weighted by Gasteiger charge is 2.21. The molecule has 11 aromatic carbocycles. The van der Waals surface area contributed by atoms with Crippen LogP contribution in [0.5, 0.6) is 0 Å². The molecule has 0 atom stereocenters. The summed E-state index contributed by atoms with van der Waals surface area (Å²) in [7, 11) is 0. The summed E-state index contributed by atoms with van der Waals surface area (Å²) >= 11 is 0. The third-order valence-electron chi connectivity index (χ3n) is 13.6. The van der Waals surface area contributed by atoms with Gasteiger partial charge in [-0.1, -0.05) is 206 Å². The van der Waals surface area contributed by atoms with Gasteiger partial charge in [0.15, 0.2) is 0 Å². The zero-order valence-corrected chi connectivity index (χ0v) is 37.7. The fourth-order valence-electron chi connectivity index (χ4n) is 10.3. The molecule has 13 aromatic rings. The normalized spacial score (nSPS) is 11.5. The van der Waals surface area contributed by atoms with Crippen molar-refractivity contribution >= 4 is 60.8 Å². The fraction of sp³-hybridized carbons (Fsp3) is 0. The molecule has 0 aliphatic rings. The van der Waals surface area contributed by atoms with Gasteiger partial charge < -0.3 is 13.9 Å². The van der Waals surface area contributed by atoms with Crippen LogP contribution in [0.2, 0.25) is 0 Å². The minimum atomic E-state index is 0.890. The average molecular weight is 881 g/mol. The number of hydrogen-bond donors (Lipinski definition) is 0. The van der Waals surface area contributed by atoms with Gasteiger partial charge in [-0.3, -0.25) is 0 Å². The van der Waals surface area contributed by atoms with Crippen molar-refractivity contribution in [2.24, 2.45) is 0 Å². The van der Waals surface area contributed by atoms with E-state index in [0.29, 0.717) is 0 Å². The zero-order valence-electron chi connectivity index (χ0n) is 37.7. The van der Waals surface area contributed by atoms with Gasteiger partial charge in [0.2, 0.25) is 0 Å². The zero-order chi connectivity index (χ0) is 45.7. The molecule has 0 aliphatic carbocycles. The molecule has 3 heteroatoms. The second-order valence-corrected chi connectivity index (χ2v) is 17.6. The maximum atomic E-state index is 6.85. The summed E-state index contributed by atoms with van der Waals surface area (Å²) < 4.78 is 9.24. The van der Waals surface area contributed by atoms with Crippen molar-refractivity contribution in [3.8, 4) is 61.3 Å². The Morgan fingerprint density at radius 1 is 0.275 bits per heavy atom. The second-order valence-electron chi connectivity index (χ2n) is 17.6. The largest absolute Gasteiger partial charge is 0.455 e. The first-order valence-electron chi connectivity index (χ1n) is 23.6. The molecule has 0 saturated carbocycles. The van der Waals surface area contributed by atoms with Gasteiger partial charge in [0, 0.05) is 55.3 Å². The Bertz CT molecular complexity index is 3930. The van der Waals surface area contributed by atoms with Crippen LogP contribution in [-0.2, 0) is 0 Å². The Morgan fingerprint density at radius 3 is 1.26 bits per heavy atom. The van der Waals surface area contributed by atoms with E-state index in [1.54, 1.807) is 0 Å². The van der Waals surface area contributed by atoms with E-state index in [-0.39, 0.29) is 0 Å². The number of fused-ring (bicyclic) bond motifs is 6. The van der Waals surface area contributed by atoms with Crippen molar-refractivity contribution in [1.29, 1.82) is 0 Å². The molecule has 13 rings (SSSR count). The van der Waals surface area contributed by atoms with E-state index in [2.05, 4.69) is 276 Å². The maximum absolute atomic E-state index is 6.85. The fourth-order valence-corrected chi connectivity index (χ4v) is 10.3. The maximum Gasteiger partial charge on any atom is 0.143 e. The minimum absolute atomic E-state index is 0.890. The number of para-hydroxylation sites is 4. The first-order valence-corrected chi connectivity index (χ1v) is 23.6. The number of furan rings is 1. The van der Waals surface area contributed by atoms with Crippen LogP contribution in [0.1, 0.15) is 0 Å². The van der Waals surface area contributed by atoms with Gasteiger partial charge in [0.05, 0.1) is 16.7 Å². The van der Waals surface area contributed by atoms with Crippen LogP contribution in [0.15, 0.2) is 271 Å². The Morgan fingerprint density at radius 2 is 0.681 bits per heavy atom. The van der Waals surface area contributed by atoms with E-state index in [9.17, 15) is 0 Å². The average Bonchev–Trinajstić information content (AvgIpc) is 3.99. The molecule has 3 nitrogen and oxygen atoms in total. The molecule has 2 heterocycles. The van der Waals surface area contributed by atoms with Crippen molar-refractivity contribution in [2.75, 3.05) is 4.90 Å². The van der Waals surface area contributed by atoms with Gasteiger partial charge in [-0.05, 0) is 99.6 Å². The number of anilines is 3. The summed E-state index contributed by atoms with van der Waals surface area (Å²) in [5, 5.41) is 4.74. The first-order chi connectivity index (χ1) is 34.2. The van der Waals surface area contributed by atoms with Gasteiger partial charge in [0.25, 0.3) is 0 Å². The van der Waals surface area contributed by atoms with Crippen LogP contribution in [0, 0.1) is 0 Å². The Kier molecular flexibility index (Phi) is 9.84. The van der Waals surface area contributed by atoms with E-state index in [4.69, 9.17) is 4.42 Å². The van der Waals surface area contributed by atoms with Gasteiger partial charge >= 0.3 is 0 Å². The summed E-state index contributed by atoms with van der Waals surface area (Å²) in [5.74, 6) is 0. The molecule has 0 radical (unpaired) electrons. The molecule has 69 heavy (non-hydrogen) atoms. The molecular weight excluding hydrogens is 837 g/mol. The molecule has 0 saturated heterocycles. The molecule has 2 aromatic heterocycles. The smallest absolute Gasteiger partial charge is 0.143 e. The van der Waals surface area contributed by atoms with Gasteiger partial charge in [-0.25, -0.2) is 0 Å². The quantitative estimate of drug-likeness (QED) is 0.144. The lowest BCUT2D eigenvalue weighted by Crippen LogP contribution is -2.11. The SMILES string of the molecule is c1ccc(-c2ccc(N(c3ccc(-c4cccc(-n5c6ccccc6c6ccccc65)c4)cc3)c3ccc(-c4cccc5c4oc4c(-c6ccccc6)cccc45)cc3)c(-c3ccccc3)c2)cc1. The Hall–Kier alpha value is -9.18. The monoisotopic (exact) mass is 880 g/mol.